The lowest BCUT2D eigenvalue weighted by atomic mass is 9.84. The molecule has 1 unspecified atom stereocenters. The monoisotopic (exact) mass is 518 g/mol. The van der Waals surface area contributed by atoms with Crippen molar-refractivity contribution in [1.29, 1.82) is 10.5 Å². The predicted molar refractivity (Wildman–Crippen MR) is 129 cm³/mol. The van der Waals surface area contributed by atoms with Gasteiger partial charge in [-0.25, -0.2) is 0 Å². The van der Waals surface area contributed by atoms with Gasteiger partial charge in [0.15, 0.2) is 0 Å². The van der Waals surface area contributed by atoms with E-state index in [2.05, 4.69) is 6.07 Å². The summed E-state index contributed by atoms with van der Waals surface area (Å²) in [6.07, 6.45) is 1.59. The molecule has 2 heterocycles. The smallest absolute Gasteiger partial charge is 0.274 e. The fourth-order valence-electron chi connectivity index (χ4n) is 3.46. The molecule has 1 aliphatic heterocycles. The van der Waals surface area contributed by atoms with Crippen molar-refractivity contribution in [1.82, 2.24) is 4.57 Å². The van der Waals surface area contributed by atoms with Crippen LogP contribution in [0.15, 0.2) is 46.8 Å². The van der Waals surface area contributed by atoms with Crippen LogP contribution in [0.5, 0.6) is 0 Å². The van der Waals surface area contributed by atoms with Gasteiger partial charge in [0.25, 0.3) is 5.56 Å². The molecule has 0 saturated carbocycles. The lowest BCUT2D eigenvalue weighted by Gasteiger charge is -2.23. The number of thiazole rings is 1. The third kappa shape index (κ3) is 3.71. The van der Waals surface area contributed by atoms with Crippen LogP contribution in [0.25, 0.3) is 17.5 Å². The first-order valence-corrected chi connectivity index (χ1v) is 11.3. The first-order valence-electron chi connectivity index (χ1n) is 8.94. The summed E-state index contributed by atoms with van der Waals surface area (Å²) >= 11 is 25.7. The summed E-state index contributed by atoms with van der Waals surface area (Å²) in [5.41, 5.74) is 7.10. The van der Waals surface area contributed by atoms with Gasteiger partial charge in [-0.1, -0.05) is 58.5 Å². The molecule has 1 aliphatic rings. The first kappa shape index (κ1) is 22.5. The van der Waals surface area contributed by atoms with Crippen molar-refractivity contribution in [3.63, 3.8) is 0 Å². The maximum Gasteiger partial charge on any atom is 0.274 e. The van der Waals surface area contributed by atoms with Crippen LogP contribution in [0.1, 0.15) is 17.0 Å². The fourth-order valence-corrected chi connectivity index (χ4v) is 5.56. The number of nitriles is 2. The van der Waals surface area contributed by atoms with Crippen molar-refractivity contribution in [2.24, 2.45) is 5.73 Å². The highest BCUT2D eigenvalue weighted by Gasteiger charge is 2.33. The van der Waals surface area contributed by atoms with Gasteiger partial charge in [-0.3, -0.25) is 9.36 Å². The molecule has 158 valence electrons. The minimum absolute atomic E-state index is 0.0502. The summed E-state index contributed by atoms with van der Waals surface area (Å²) in [4.78, 5) is 13.2. The van der Waals surface area contributed by atoms with E-state index >= 15 is 0 Å². The van der Waals surface area contributed by atoms with E-state index in [-0.39, 0.29) is 22.0 Å². The van der Waals surface area contributed by atoms with Crippen LogP contribution in [-0.2, 0) is 0 Å². The average molecular weight is 520 g/mol. The number of nitrogens with two attached hydrogens (primary N) is 1. The van der Waals surface area contributed by atoms with Crippen molar-refractivity contribution < 1.29 is 0 Å². The second-order valence-corrected chi connectivity index (χ2v) is 9.48. The Hall–Kier alpha value is -2.71. The molecule has 1 aromatic heterocycles. The summed E-state index contributed by atoms with van der Waals surface area (Å²) in [5.74, 6) is -0.889. The number of allylic oxidation sites excluding steroid dienone is 1. The quantitative estimate of drug-likeness (QED) is 0.540. The minimum atomic E-state index is -0.834. The minimum Gasteiger partial charge on any atom is -0.384 e. The van der Waals surface area contributed by atoms with Gasteiger partial charge < -0.3 is 5.73 Å². The zero-order valence-electron chi connectivity index (χ0n) is 15.9. The van der Waals surface area contributed by atoms with Gasteiger partial charge in [0.2, 0.25) is 0 Å². The number of nitrogens with zero attached hydrogens (tertiary/aromatic N) is 3. The molecule has 5 nitrogen and oxygen atoms in total. The molecule has 2 aromatic carbocycles. The number of rotatable bonds is 2. The Morgan fingerprint density at radius 1 is 0.969 bits per heavy atom. The van der Waals surface area contributed by atoms with Gasteiger partial charge in [-0.2, -0.15) is 10.5 Å². The highest BCUT2D eigenvalue weighted by Crippen LogP contribution is 2.39. The van der Waals surface area contributed by atoms with Gasteiger partial charge in [0.05, 0.1) is 33.7 Å². The second kappa shape index (κ2) is 8.67. The maximum atomic E-state index is 13.2. The van der Waals surface area contributed by atoms with E-state index in [0.29, 0.717) is 35.4 Å². The third-order valence-corrected chi connectivity index (χ3v) is 7.14. The average Bonchev–Trinajstić information content (AvgIpc) is 3.06. The zero-order chi connectivity index (χ0) is 23.2. The highest BCUT2D eigenvalue weighted by molar-refractivity contribution is 7.07. The largest absolute Gasteiger partial charge is 0.384 e. The van der Waals surface area contributed by atoms with Crippen LogP contribution in [-0.4, -0.2) is 4.57 Å². The lowest BCUT2D eigenvalue weighted by molar-refractivity contribution is 0.906. The molecular weight excluding hydrogens is 510 g/mol. The van der Waals surface area contributed by atoms with Crippen molar-refractivity contribution in [3.05, 3.63) is 92.7 Å². The zero-order valence-corrected chi connectivity index (χ0v) is 19.7. The number of fused-ring (bicyclic) bond motifs is 1. The summed E-state index contributed by atoms with van der Waals surface area (Å²) in [6.45, 7) is 0. The molecule has 0 saturated heterocycles. The predicted octanol–water partition coefficient (Wildman–Crippen LogP) is 4.47. The van der Waals surface area contributed by atoms with Crippen molar-refractivity contribution >= 4 is 75.2 Å². The molecule has 10 heteroatoms. The Bertz CT molecular complexity index is 1590. The lowest BCUT2D eigenvalue weighted by Crippen LogP contribution is -2.38. The Morgan fingerprint density at radius 3 is 2.19 bits per heavy atom. The summed E-state index contributed by atoms with van der Waals surface area (Å²) < 4.78 is 1.79. The van der Waals surface area contributed by atoms with Crippen molar-refractivity contribution in [2.75, 3.05) is 0 Å². The van der Waals surface area contributed by atoms with Crippen LogP contribution in [0.3, 0.4) is 0 Å². The highest BCUT2D eigenvalue weighted by atomic mass is 35.5. The SMILES string of the molecule is N#CC1=C(N)n2c(s/c(=C/c3ccc(Cl)cc3Cl)c2=O)=C(C#N)C1c1ccc(Cl)cc1Cl. The number of hydrogen-bond acceptors (Lipinski definition) is 5. The molecule has 0 radical (unpaired) electrons. The topological polar surface area (TPSA) is 95.6 Å². The molecule has 0 fully saturated rings. The Morgan fingerprint density at radius 2 is 1.59 bits per heavy atom. The number of hydrogen-bond donors (Lipinski definition) is 1. The van der Waals surface area contributed by atoms with Gasteiger partial charge in [-0.05, 0) is 41.5 Å². The number of aromatic nitrogens is 1. The van der Waals surface area contributed by atoms with Crippen LogP contribution >= 0.6 is 57.7 Å². The third-order valence-electron chi connectivity index (χ3n) is 4.91. The molecular formula is C22H10Cl4N4OS. The van der Waals surface area contributed by atoms with Gasteiger partial charge in [-0.15, -0.1) is 11.3 Å². The normalized spacial score (nSPS) is 16.0. The van der Waals surface area contributed by atoms with Crippen LogP contribution < -0.4 is 20.5 Å². The Labute approximate surface area is 206 Å². The van der Waals surface area contributed by atoms with Crippen LogP contribution in [0.2, 0.25) is 20.1 Å². The number of benzene rings is 2. The van der Waals surface area contributed by atoms with E-state index in [1.54, 1.807) is 36.4 Å². The standard InChI is InChI=1S/C22H10Cl4N4OS/c23-11-2-1-10(16(25)6-11)5-18-21(31)30-20(29)14(8-27)19(15(9-28)22(30)32-18)13-4-3-12(24)7-17(13)26/h1-7,19H,29H2/b18-5+. The van der Waals surface area contributed by atoms with Gasteiger partial charge >= 0.3 is 0 Å². The summed E-state index contributed by atoms with van der Waals surface area (Å²) in [6, 6.07) is 13.8. The molecule has 3 aromatic rings. The van der Waals surface area contributed by atoms with Crippen LogP contribution in [0.4, 0.5) is 0 Å². The molecule has 2 N–H and O–H groups in total. The summed E-state index contributed by atoms with van der Waals surface area (Å²) in [5, 5.41) is 21.4. The summed E-state index contributed by atoms with van der Waals surface area (Å²) in [7, 11) is 0. The van der Waals surface area contributed by atoms with E-state index in [4.69, 9.17) is 52.1 Å². The van der Waals surface area contributed by atoms with Crippen molar-refractivity contribution in [3.8, 4) is 12.1 Å². The van der Waals surface area contributed by atoms with E-state index in [9.17, 15) is 15.3 Å². The van der Waals surface area contributed by atoms with E-state index < -0.39 is 11.5 Å². The molecule has 4 rings (SSSR count). The molecule has 0 aliphatic carbocycles. The van der Waals surface area contributed by atoms with E-state index in [0.717, 1.165) is 11.3 Å². The van der Waals surface area contributed by atoms with E-state index in [1.807, 2.05) is 6.07 Å². The molecule has 0 spiro atoms. The molecule has 0 amide bonds. The Balaban J connectivity index is 2.07. The second-order valence-electron chi connectivity index (χ2n) is 6.76. The van der Waals surface area contributed by atoms with Crippen molar-refractivity contribution in [2.45, 2.75) is 5.92 Å². The molecule has 0 bridgehead atoms. The fraction of sp³-hybridized carbons (Fsp3) is 0.0455. The number of halogens is 4. The molecule has 32 heavy (non-hydrogen) atoms. The maximum absolute atomic E-state index is 13.2. The molecule has 1 atom stereocenters. The Kier molecular flexibility index (Phi) is 6.09. The van der Waals surface area contributed by atoms with E-state index in [1.165, 1.54) is 10.6 Å². The van der Waals surface area contributed by atoms with Crippen LogP contribution in [0, 0.1) is 22.7 Å². The van der Waals surface area contributed by atoms with Gasteiger partial charge in [0.1, 0.15) is 10.5 Å². The first-order chi connectivity index (χ1) is 15.3. The van der Waals surface area contributed by atoms with Gasteiger partial charge in [0, 0.05) is 20.1 Å².